The van der Waals surface area contributed by atoms with Gasteiger partial charge in [0.15, 0.2) is 0 Å². The summed E-state index contributed by atoms with van der Waals surface area (Å²) in [6, 6.07) is 25.6. The molecule has 0 aliphatic carbocycles. The number of carbonyl (C=O) groups is 2. The molecule has 0 aliphatic rings. The van der Waals surface area contributed by atoms with Crippen LogP contribution in [0.3, 0.4) is 0 Å². The third-order valence-electron chi connectivity index (χ3n) is 5.69. The van der Waals surface area contributed by atoms with Gasteiger partial charge in [-0.2, -0.15) is 0 Å². The maximum Gasteiger partial charge on any atom is 0.243 e. The van der Waals surface area contributed by atoms with Crippen LogP contribution in [0.5, 0.6) is 0 Å². The predicted molar refractivity (Wildman–Crippen MR) is 148 cm³/mol. The lowest BCUT2D eigenvalue weighted by molar-refractivity contribution is -0.141. The Hall–Kier alpha value is -2.57. The van der Waals surface area contributed by atoms with Gasteiger partial charge in [-0.1, -0.05) is 83.0 Å². The minimum Gasteiger partial charge on any atom is -0.354 e. The number of nitrogens with one attached hydrogen (secondary N) is 1. The van der Waals surface area contributed by atoms with Gasteiger partial charge in [0.1, 0.15) is 6.04 Å². The Morgan fingerprint density at radius 1 is 0.943 bits per heavy atom. The van der Waals surface area contributed by atoms with Crippen molar-refractivity contribution in [2.45, 2.75) is 50.6 Å². The third kappa shape index (κ3) is 8.86. The van der Waals surface area contributed by atoms with Crippen molar-refractivity contribution in [1.82, 2.24) is 10.2 Å². The fraction of sp³-hybridized carbons (Fsp3) is 0.310. The molecule has 35 heavy (non-hydrogen) atoms. The lowest BCUT2D eigenvalue weighted by Crippen LogP contribution is -2.50. The molecule has 0 radical (unpaired) electrons. The molecule has 0 bridgehead atoms. The summed E-state index contributed by atoms with van der Waals surface area (Å²) < 4.78 is 0.982. The quantitative estimate of drug-likeness (QED) is 0.264. The first-order chi connectivity index (χ1) is 17.0. The number of rotatable bonds is 12. The minimum atomic E-state index is -0.579. The summed E-state index contributed by atoms with van der Waals surface area (Å²) >= 11 is 5.15. The molecule has 0 spiro atoms. The molecule has 1 unspecified atom stereocenters. The topological polar surface area (TPSA) is 49.4 Å². The predicted octanol–water partition coefficient (Wildman–Crippen LogP) is 6.41. The van der Waals surface area contributed by atoms with E-state index in [2.05, 4.69) is 52.4 Å². The zero-order chi connectivity index (χ0) is 25.0. The van der Waals surface area contributed by atoms with Crippen molar-refractivity contribution >= 4 is 39.5 Å². The summed E-state index contributed by atoms with van der Waals surface area (Å²) in [6.07, 6.45) is 1.68. The van der Waals surface area contributed by atoms with Crippen LogP contribution < -0.4 is 5.32 Å². The maximum absolute atomic E-state index is 13.6. The van der Waals surface area contributed by atoms with Crippen molar-refractivity contribution in [2.75, 3.05) is 12.3 Å². The van der Waals surface area contributed by atoms with Crippen LogP contribution in [0.2, 0.25) is 0 Å². The van der Waals surface area contributed by atoms with Crippen LogP contribution in [0, 0.1) is 6.92 Å². The van der Waals surface area contributed by atoms with Crippen LogP contribution in [-0.4, -0.2) is 35.1 Å². The molecule has 0 aliphatic heterocycles. The molecule has 0 fully saturated rings. The minimum absolute atomic E-state index is 0.0138. The zero-order valence-corrected chi connectivity index (χ0v) is 22.8. The van der Waals surface area contributed by atoms with Crippen LogP contribution in [0.1, 0.15) is 36.5 Å². The van der Waals surface area contributed by atoms with E-state index in [9.17, 15) is 9.59 Å². The Bertz CT molecular complexity index is 1070. The highest BCUT2D eigenvalue weighted by Gasteiger charge is 2.30. The maximum atomic E-state index is 13.6. The Kier molecular flexibility index (Phi) is 10.9. The van der Waals surface area contributed by atoms with Crippen LogP contribution in [0.4, 0.5) is 0 Å². The molecule has 0 saturated heterocycles. The number of thioether (sulfide) groups is 1. The fourth-order valence-electron chi connectivity index (χ4n) is 3.74. The first-order valence-electron chi connectivity index (χ1n) is 12.0. The van der Waals surface area contributed by atoms with Gasteiger partial charge in [-0.3, -0.25) is 9.59 Å². The fourth-order valence-corrected chi connectivity index (χ4v) is 4.85. The number of halogens is 1. The van der Waals surface area contributed by atoms with Crippen molar-refractivity contribution in [3.63, 3.8) is 0 Å². The van der Waals surface area contributed by atoms with Crippen molar-refractivity contribution in [1.29, 1.82) is 0 Å². The van der Waals surface area contributed by atoms with Crippen LogP contribution in [-0.2, 0) is 22.6 Å². The van der Waals surface area contributed by atoms with E-state index in [1.165, 1.54) is 5.56 Å². The molecule has 2 amide bonds. The Labute approximate surface area is 221 Å². The molecule has 0 heterocycles. The molecule has 4 nitrogen and oxygen atoms in total. The first-order valence-corrected chi connectivity index (χ1v) is 13.8. The standard InChI is InChI=1S/C29H33BrN2O2S/c1-3-18-31-29(34)27(20-23-7-5-4-6-8-23)32(21-24-11-13-25(30)14-12-24)28(33)17-19-35-26-15-9-22(2)10-16-26/h4-16,27H,3,17-21H2,1-2H3,(H,31,34). The van der Waals surface area contributed by atoms with E-state index in [0.29, 0.717) is 31.7 Å². The molecule has 1 N–H and O–H groups in total. The van der Waals surface area contributed by atoms with Gasteiger partial charge in [-0.25, -0.2) is 0 Å². The van der Waals surface area contributed by atoms with Gasteiger partial charge in [-0.05, 0) is 48.7 Å². The largest absolute Gasteiger partial charge is 0.354 e. The molecular weight excluding hydrogens is 520 g/mol. The molecule has 6 heteroatoms. The van der Waals surface area contributed by atoms with E-state index >= 15 is 0 Å². The second-order valence-corrected chi connectivity index (χ2v) is 10.6. The van der Waals surface area contributed by atoms with Crippen molar-refractivity contribution < 1.29 is 9.59 Å². The van der Waals surface area contributed by atoms with Gasteiger partial charge in [0, 0.05) is 41.1 Å². The first kappa shape index (κ1) is 27.0. The van der Waals surface area contributed by atoms with Gasteiger partial charge in [-0.15, -0.1) is 11.8 Å². The summed E-state index contributed by atoms with van der Waals surface area (Å²) in [5.41, 5.74) is 3.24. The molecule has 3 aromatic carbocycles. The number of hydrogen-bond donors (Lipinski definition) is 1. The van der Waals surface area contributed by atoms with Crippen molar-refractivity contribution in [2.24, 2.45) is 0 Å². The second kappa shape index (κ2) is 14.1. The van der Waals surface area contributed by atoms with Crippen LogP contribution in [0.15, 0.2) is 88.2 Å². The second-order valence-electron chi connectivity index (χ2n) is 8.56. The van der Waals surface area contributed by atoms with Crippen molar-refractivity contribution in [3.05, 3.63) is 100 Å². The Morgan fingerprint density at radius 2 is 1.63 bits per heavy atom. The average Bonchev–Trinajstić information content (AvgIpc) is 2.87. The number of benzene rings is 3. The van der Waals surface area contributed by atoms with E-state index in [0.717, 1.165) is 26.9 Å². The Morgan fingerprint density at radius 3 is 2.29 bits per heavy atom. The van der Waals surface area contributed by atoms with Gasteiger partial charge < -0.3 is 10.2 Å². The van der Waals surface area contributed by atoms with Gasteiger partial charge in [0.25, 0.3) is 0 Å². The lowest BCUT2D eigenvalue weighted by atomic mass is 10.0. The summed E-state index contributed by atoms with van der Waals surface area (Å²) in [4.78, 5) is 29.8. The third-order valence-corrected chi connectivity index (χ3v) is 7.23. The van der Waals surface area contributed by atoms with Crippen LogP contribution >= 0.6 is 27.7 Å². The van der Waals surface area contributed by atoms with E-state index in [1.54, 1.807) is 16.7 Å². The van der Waals surface area contributed by atoms with Crippen molar-refractivity contribution in [3.8, 4) is 0 Å². The Balaban J connectivity index is 1.81. The molecule has 3 rings (SSSR count). The highest BCUT2D eigenvalue weighted by atomic mass is 79.9. The number of hydrogen-bond acceptors (Lipinski definition) is 3. The molecule has 1 atom stereocenters. The summed E-state index contributed by atoms with van der Waals surface area (Å²) in [5, 5.41) is 3.02. The number of nitrogens with zero attached hydrogens (tertiary/aromatic N) is 1. The van der Waals surface area contributed by atoms with E-state index in [4.69, 9.17) is 0 Å². The molecule has 3 aromatic rings. The molecule has 184 valence electrons. The number of amides is 2. The van der Waals surface area contributed by atoms with E-state index in [-0.39, 0.29) is 11.8 Å². The van der Waals surface area contributed by atoms with Gasteiger partial charge >= 0.3 is 0 Å². The lowest BCUT2D eigenvalue weighted by Gasteiger charge is -2.31. The van der Waals surface area contributed by atoms with Gasteiger partial charge in [0.05, 0.1) is 0 Å². The highest BCUT2D eigenvalue weighted by molar-refractivity contribution is 9.10. The number of aryl methyl sites for hydroxylation is 1. The SMILES string of the molecule is CCCNC(=O)C(Cc1ccccc1)N(Cc1ccc(Br)cc1)C(=O)CCSc1ccc(C)cc1. The summed E-state index contributed by atoms with van der Waals surface area (Å²) in [5.74, 6) is 0.542. The molecular formula is C29H33BrN2O2S. The highest BCUT2D eigenvalue weighted by Crippen LogP contribution is 2.22. The summed E-state index contributed by atoms with van der Waals surface area (Å²) in [6.45, 7) is 5.07. The van der Waals surface area contributed by atoms with E-state index < -0.39 is 6.04 Å². The monoisotopic (exact) mass is 552 g/mol. The van der Waals surface area contributed by atoms with Crippen LogP contribution in [0.25, 0.3) is 0 Å². The zero-order valence-electron chi connectivity index (χ0n) is 20.4. The van der Waals surface area contributed by atoms with E-state index in [1.807, 2.05) is 61.5 Å². The molecule has 0 saturated carbocycles. The summed E-state index contributed by atoms with van der Waals surface area (Å²) in [7, 11) is 0. The number of carbonyl (C=O) groups excluding carboxylic acids is 2. The molecule has 0 aromatic heterocycles. The average molecular weight is 554 g/mol. The van der Waals surface area contributed by atoms with Gasteiger partial charge in [0.2, 0.25) is 11.8 Å². The smallest absolute Gasteiger partial charge is 0.243 e. The normalized spacial score (nSPS) is 11.6.